The molecule has 1 rings (SSSR count). The summed E-state index contributed by atoms with van der Waals surface area (Å²) in [6.07, 6.45) is 7.88. The molecular formula is C19H35N5O. The van der Waals surface area contributed by atoms with Crippen LogP contribution in [0.4, 0.5) is 11.5 Å². The highest BCUT2D eigenvalue weighted by molar-refractivity contribution is 5.99. The summed E-state index contributed by atoms with van der Waals surface area (Å²) in [6, 6.07) is 1.63. The Hall–Kier alpha value is -2.63. The second-order valence-electron chi connectivity index (χ2n) is 3.89. The maximum atomic E-state index is 11.8. The molecule has 0 aromatic carbocycles. The minimum Gasteiger partial charge on any atom is -0.397 e. The van der Waals surface area contributed by atoms with E-state index in [9.17, 15) is 4.79 Å². The third-order valence-electron chi connectivity index (χ3n) is 2.42. The Bertz CT molecular complexity index is 507. The fourth-order valence-corrected chi connectivity index (χ4v) is 1.51. The summed E-state index contributed by atoms with van der Waals surface area (Å²) >= 11 is 0. The van der Waals surface area contributed by atoms with Crippen molar-refractivity contribution < 1.29 is 4.79 Å². The molecule has 25 heavy (non-hydrogen) atoms. The number of pyridine rings is 1. The quantitative estimate of drug-likeness (QED) is 0.692. The van der Waals surface area contributed by atoms with Gasteiger partial charge in [-0.15, -0.1) is 0 Å². The Kier molecular flexibility index (Phi) is 21.1. The second kappa shape index (κ2) is 19.4. The lowest BCUT2D eigenvalue weighted by atomic mass is 10.2. The highest BCUT2D eigenvalue weighted by Gasteiger charge is 2.15. The van der Waals surface area contributed by atoms with Crippen LogP contribution in [0, 0.1) is 5.41 Å². The molecule has 1 aromatic heterocycles. The van der Waals surface area contributed by atoms with Crippen molar-refractivity contribution in [1.29, 1.82) is 5.41 Å². The molecule has 4 N–H and O–H groups in total. The highest BCUT2D eigenvalue weighted by atomic mass is 16.1. The van der Waals surface area contributed by atoms with Gasteiger partial charge in [0.25, 0.3) is 5.91 Å². The maximum Gasteiger partial charge on any atom is 0.254 e. The molecule has 0 unspecified atom stereocenters. The Morgan fingerprint density at radius 1 is 1.40 bits per heavy atom. The average molecular weight is 350 g/mol. The van der Waals surface area contributed by atoms with Gasteiger partial charge < -0.3 is 21.4 Å². The van der Waals surface area contributed by atoms with E-state index in [1.165, 1.54) is 6.08 Å². The van der Waals surface area contributed by atoms with Crippen molar-refractivity contribution in [3.8, 4) is 0 Å². The zero-order chi connectivity index (χ0) is 20.3. The molecule has 0 radical (unpaired) electrons. The zero-order valence-corrected chi connectivity index (χ0v) is 16.8. The third kappa shape index (κ3) is 11.5. The van der Waals surface area contributed by atoms with Crippen LogP contribution in [-0.4, -0.2) is 30.7 Å². The number of carbonyl (C=O) groups is 1. The number of allylic oxidation sites excluding steroid dienone is 2. The number of nitrogens with one attached hydrogen (secondary N) is 2. The number of amides is 1. The summed E-state index contributed by atoms with van der Waals surface area (Å²) in [7, 11) is 1.58. The normalized spacial score (nSPS) is 8.44. The third-order valence-corrected chi connectivity index (χ3v) is 2.42. The predicted molar refractivity (Wildman–Crippen MR) is 112 cm³/mol. The molecule has 0 aliphatic heterocycles. The molecule has 1 heterocycles. The van der Waals surface area contributed by atoms with Crippen molar-refractivity contribution in [2.45, 2.75) is 41.5 Å². The molecule has 142 valence electrons. The highest BCUT2D eigenvalue weighted by Crippen LogP contribution is 2.20. The molecule has 6 nitrogen and oxygen atoms in total. The molecule has 0 aliphatic carbocycles. The molecule has 1 aromatic rings. The van der Waals surface area contributed by atoms with Crippen molar-refractivity contribution in [2.75, 3.05) is 24.2 Å². The van der Waals surface area contributed by atoms with E-state index < -0.39 is 0 Å². The number of hydrogen-bond acceptors (Lipinski definition) is 5. The summed E-state index contributed by atoms with van der Waals surface area (Å²) in [5, 5.41) is 8.79. The smallest absolute Gasteiger partial charge is 0.254 e. The standard InChI is InChI=1S/C12H18N4O.C3H5N.2C2H6/c1-4-6-16(5-2)11-10(12(17)14-3)7-9(13)8-15-11;1-2-3-4;2*1-2/h4,6-8H,5,13H2,1-3H3,(H,14,17);2-4H,1H2;2*1-2H3/b6-4+;;;. The van der Waals surface area contributed by atoms with Gasteiger partial charge in [-0.3, -0.25) is 4.79 Å². The van der Waals surface area contributed by atoms with Crippen LogP contribution in [0.25, 0.3) is 0 Å². The lowest BCUT2D eigenvalue weighted by Crippen LogP contribution is -2.25. The monoisotopic (exact) mass is 349 g/mol. The molecule has 0 spiro atoms. The topological polar surface area (TPSA) is 95.1 Å². The van der Waals surface area contributed by atoms with Gasteiger partial charge in [-0.1, -0.05) is 46.4 Å². The van der Waals surface area contributed by atoms with Gasteiger partial charge in [-0.25, -0.2) is 4.98 Å². The second-order valence-corrected chi connectivity index (χ2v) is 3.89. The van der Waals surface area contributed by atoms with Crippen LogP contribution in [-0.2, 0) is 0 Å². The number of nitrogens with two attached hydrogens (primary N) is 1. The van der Waals surface area contributed by atoms with Crippen molar-refractivity contribution in [3.05, 3.63) is 42.8 Å². The van der Waals surface area contributed by atoms with Gasteiger partial charge in [0.2, 0.25) is 0 Å². The maximum absolute atomic E-state index is 11.8. The van der Waals surface area contributed by atoms with E-state index in [0.29, 0.717) is 17.1 Å². The van der Waals surface area contributed by atoms with Crippen LogP contribution in [0.15, 0.2) is 37.2 Å². The predicted octanol–water partition coefficient (Wildman–Crippen LogP) is 4.26. The molecule has 0 fully saturated rings. The van der Waals surface area contributed by atoms with Gasteiger partial charge in [-0.05, 0) is 19.9 Å². The van der Waals surface area contributed by atoms with E-state index in [1.807, 2.05) is 58.7 Å². The molecule has 0 atom stereocenters. The van der Waals surface area contributed by atoms with E-state index in [2.05, 4.69) is 16.9 Å². The first-order valence-corrected chi connectivity index (χ1v) is 8.54. The largest absolute Gasteiger partial charge is 0.397 e. The summed E-state index contributed by atoms with van der Waals surface area (Å²) in [5.74, 6) is 0.418. The first-order chi connectivity index (χ1) is 12.0. The SMILES string of the molecule is C/C=C/N(CC)c1ncc(N)cc1C(=O)NC.C=CC=N.CC.CC. The lowest BCUT2D eigenvalue weighted by molar-refractivity contribution is 0.0963. The first-order valence-electron chi connectivity index (χ1n) is 8.54. The summed E-state index contributed by atoms with van der Waals surface area (Å²) in [6.45, 7) is 15.9. The van der Waals surface area contributed by atoms with Gasteiger partial charge in [0, 0.05) is 26.0 Å². The summed E-state index contributed by atoms with van der Waals surface area (Å²) in [4.78, 5) is 17.9. The minimum atomic E-state index is -0.192. The number of carbonyl (C=O) groups excluding carboxylic acids is 1. The van der Waals surface area contributed by atoms with Crippen LogP contribution >= 0.6 is 0 Å². The molecule has 0 bridgehead atoms. The van der Waals surface area contributed by atoms with Crippen LogP contribution in [0.1, 0.15) is 51.9 Å². The molecule has 6 heteroatoms. The molecule has 0 saturated carbocycles. The van der Waals surface area contributed by atoms with Crippen LogP contribution in [0.5, 0.6) is 0 Å². The van der Waals surface area contributed by atoms with E-state index in [1.54, 1.807) is 19.3 Å². The van der Waals surface area contributed by atoms with Crippen molar-refractivity contribution in [3.63, 3.8) is 0 Å². The van der Waals surface area contributed by atoms with Crippen molar-refractivity contribution >= 4 is 23.6 Å². The molecule has 0 saturated heterocycles. The molecular weight excluding hydrogens is 314 g/mol. The number of anilines is 2. The Labute approximate surface area is 153 Å². The lowest BCUT2D eigenvalue weighted by Gasteiger charge is -2.20. The Balaban J connectivity index is -0.000000518. The van der Waals surface area contributed by atoms with E-state index >= 15 is 0 Å². The van der Waals surface area contributed by atoms with Gasteiger partial charge in [0.05, 0.1) is 17.4 Å². The number of rotatable bonds is 5. The van der Waals surface area contributed by atoms with Crippen LogP contribution < -0.4 is 16.0 Å². The van der Waals surface area contributed by atoms with E-state index in [0.717, 1.165) is 12.8 Å². The summed E-state index contributed by atoms with van der Waals surface area (Å²) in [5.41, 5.74) is 6.61. The van der Waals surface area contributed by atoms with E-state index in [4.69, 9.17) is 11.1 Å². The number of nitrogens with zero attached hydrogens (tertiary/aromatic N) is 2. The Morgan fingerprint density at radius 2 is 1.92 bits per heavy atom. The van der Waals surface area contributed by atoms with E-state index in [-0.39, 0.29) is 5.91 Å². The fourth-order valence-electron chi connectivity index (χ4n) is 1.51. The van der Waals surface area contributed by atoms with Gasteiger partial charge in [0.15, 0.2) is 0 Å². The van der Waals surface area contributed by atoms with Crippen LogP contribution in [0.2, 0.25) is 0 Å². The first kappa shape index (κ1) is 27.2. The molecule has 1 amide bonds. The zero-order valence-electron chi connectivity index (χ0n) is 16.8. The number of nitrogen functional groups attached to an aromatic ring is 1. The average Bonchev–Trinajstić information content (AvgIpc) is 2.69. The summed E-state index contributed by atoms with van der Waals surface area (Å²) < 4.78 is 0. The fraction of sp³-hybridized carbons (Fsp3) is 0.421. The van der Waals surface area contributed by atoms with Gasteiger partial charge in [0.1, 0.15) is 5.82 Å². The van der Waals surface area contributed by atoms with Crippen LogP contribution in [0.3, 0.4) is 0 Å². The van der Waals surface area contributed by atoms with Gasteiger partial charge >= 0.3 is 0 Å². The molecule has 0 aliphatic rings. The van der Waals surface area contributed by atoms with Gasteiger partial charge in [-0.2, -0.15) is 0 Å². The van der Waals surface area contributed by atoms with Crippen molar-refractivity contribution in [1.82, 2.24) is 10.3 Å². The Morgan fingerprint density at radius 3 is 2.28 bits per heavy atom. The number of hydrogen-bond donors (Lipinski definition) is 3. The number of aromatic nitrogens is 1. The minimum absolute atomic E-state index is 0.192. The van der Waals surface area contributed by atoms with Crippen molar-refractivity contribution in [2.24, 2.45) is 0 Å².